The fourth-order valence-corrected chi connectivity index (χ4v) is 1.65. The summed E-state index contributed by atoms with van der Waals surface area (Å²) in [5.41, 5.74) is 6.35. The van der Waals surface area contributed by atoms with Crippen LogP contribution in [-0.2, 0) is 0 Å². The minimum Gasteiger partial charge on any atom is -0.274 e. The molecule has 0 bridgehead atoms. The lowest BCUT2D eigenvalue weighted by Gasteiger charge is -2.08. The third-order valence-corrected chi connectivity index (χ3v) is 3.00. The van der Waals surface area contributed by atoms with Crippen molar-refractivity contribution >= 4 is 0 Å². The highest BCUT2D eigenvalue weighted by Gasteiger charge is 2.20. The highest BCUT2D eigenvalue weighted by atomic mass is 16.6. The Labute approximate surface area is 80.1 Å². The van der Waals surface area contributed by atoms with Crippen LogP contribution >= 0.6 is 0 Å². The zero-order chi connectivity index (χ0) is 10.2. The van der Waals surface area contributed by atoms with Crippen molar-refractivity contribution in [1.82, 2.24) is 0 Å². The molecule has 0 amide bonds. The first kappa shape index (κ1) is 10.0. The molecule has 0 aromatic carbocycles. The van der Waals surface area contributed by atoms with E-state index in [2.05, 4.69) is 34.6 Å². The zero-order valence-corrected chi connectivity index (χ0v) is 9.36. The van der Waals surface area contributed by atoms with Crippen molar-refractivity contribution in [3.63, 3.8) is 0 Å². The van der Waals surface area contributed by atoms with Crippen LogP contribution in [-0.4, -0.2) is 7.11 Å². The van der Waals surface area contributed by atoms with E-state index >= 15 is 0 Å². The van der Waals surface area contributed by atoms with Crippen molar-refractivity contribution in [2.45, 2.75) is 34.6 Å². The maximum atomic E-state index is 5.31. The third-order valence-electron chi connectivity index (χ3n) is 3.00. The summed E-state index contributed by atoms with van der Waals surface area (Å²) in [6, 6.07) is 0. The number of aromatic nitrogens is 1. The van der Waals surface area contributed by atoms with Gasteiger partial charge in [-0.25, -0.2) is 0 Å². The first-order chi connectivity index (χ1) is 6.00. The van der Waals surface area contributed by atoms with Crippen molar-refractivity contribution < 1.29 is 9.57 Å². The molecule has 0 aliphatic rings. The first-order valence-corrected chi connectivity index (χ1v) is 4.54. The van der Waals surface area contributed by atoms with Crippen LogP contribution in [0.3, 0.4) is 0 Å². The van der Waals surface area contributed by atoms with Crippen LogP contribution in [0.4, 0.5) is 0 Å². The highest BCUT2D eigenvalue weighted by Crippen LogP contribution is 2.15. The van der Waals surface area contributed by atoms with Gasteiger partial charge < -0.3 is 0 Å². The molecule has 0 atom stereocenters. The van der Waals surface area contributed by atoms with Gasteiger partial charge in [-0.2, -0.15) is 0 Å². The monoisotopic (exact) mass is 180 g/mol. The van der Waals surface area contributed by atoms with E-state index < -0.39 is 0 Å². The summed E-state index contributed by atoms with van der Waals surface area (Å²) in [7, 11) is 1.70. The fraction of sp³-hybridized carbons (Fsp3) is 0.545. The molecule has 72 valence electrons. The van der Waals surface area contributed by atoms with E-state index in [4.69, 9.17) is 4.84 Å². The van der Waals surface area contributed by atoms with Gasteiger partial charge in [0, 0.05) is 29.7 Å². The SMILES string of the molecule is CO[n+]1c(C)c(C)c(C)c(C)c1C. The maximum Gasteiger partial charge on any atom is 0.234 e. The molecule has 1 heterocycles. The average Bonchev–Trinajstić information content (AvgIpc) is 2.13. The summed E-state index contributed by atoms with van der Waals surface area (Å²) < 4.78 is 1.89. The van der Waals surface area contributed by atoms with E-state index in [1.54, 1.807) is 7.11 Å². The maximum absolute atomic E-state index is 5.31. The van der Waals surface area contributed by atoms with Gasteiger partial charge in [-0.15, -0.1) is 0 Å². The second kappa shape index (κ2) is 3.36. The molecule has 0 radical (unpaired) electrons. The van der Waals surface area contributed by atoms with Gasteiger partial charge in [0.15, 0.2) is 0 Å². The van der Waals surface area contributed by atoms with Gasteiger partial charge >= 0.3 is 0 Å². The standard InChI is InChI=1S/C11H18NO/c1-7-8(2)10(4)12(13-6)11(5)9(7)3/h1-6H3/q+1. The van der Waals surface area contributed by atoms with Crippen LogP contribution in [0.5, 0.6) is 0 Å². The normalized spacial score (nSPS) is 10.3. The van der Waals surface area contributed by atoms with Crippen LogP contribution in [0.25, 0.3) is 0 Å². The molecule has 0 unspecified atom stereocenters. The minimum atomic E-state index is 1.18. The second-order valence-corrected chi connectivity index (χ2v) is 3.52. The van der Waals surface area contributed by atoms with Gasteiger partial charge in [-0.05, 0) is 26.3 Å². The summed E-state index contributed by atoms with van der Waals surface area (Å²) in [5.74, 6) is 0. The lowest BCUT2D eigenvalue weighted by molar-refractivity contribution is -0.894. The van der Waals surface area contributed by atoms with Crippen LogP contribution in [0.15, 0.2) is 0 Å². The summed E-state index contributed by atoms with van der Waals surface area (Å²) in [5, 5.41) is 0. The summed E-state index contributed by atoms with van der Waals surface area (Å²) in [4.78, 5) is 5.31. The lowest BCUT2D eigenvalue weighted by Crippen LogP contribution is -2.47. The third kappa shape index (κ3) is 1.41. The molecule has 0 fully saturated rings. The molecule has 1 aromatic heterocycles. The predicted molar refractivity (Wildman–Crippen MR) is 52.8 cm³/mol. The first-order valence-electron chi connectivity index (χ1n) is 4.54. The Morgan fingerprint density at radius 1 is 0.769 bits per heavy atom. The Morgan fingerprint density at radius 3 is 1.46 bits per heavy atom. The summed E-state index contributed by atoms with van der Waals surface area (Å²) >= 11 is 0. The van der Waals surface area contributed by atoms with Gasteiger partial charge in [0.25, 0.3) is 0 Å². The molecule has 0 spiro atoms. The van der Waals surface area contributed by atoms with Crippen molar-refractivity contribution in [2.75, 3.05) is 7.11 Å². The van der Waals surface area contributed by atoms with E-state index in [0.717, 1.165) is 0 Å². The van der Waals surface area contributed by atoms with E-state index in [1.165, 1.54) is 28.1 Å². The van der Waals surface area contributed by atoms with Crippen molar-refractivity contribution in [1.29, 1.82) is 0 Å². The Balaban J connectivity index is 3.56. The number of rotatable bonds is 1. The lowest BCUT2D eigenvalue weighted by atomic mass is 10.0. The number of hydrogen-bond donors (Lipinski definition) is 0. The molecular formula is C11H18NO+. The van der Waals surface area contributed by atoms with E-state index in [1.807, 2.05) is 4.73 Å². The molecule has 0 saturated carbocycles. The number of nitrogens with zero attached hydrogens (tertiary/aromatic N) is 1. The summed E-state index contributed by atoms with van der Waals surface area (Å²) in [6.45, 7) is 10.6. The molecule has 0 aliphatic heterocycles. The Kier molecular flexibility index (Phi) is 2.60. The van der Waals surface area contributed by atoms with Gasteiger partial charge in [0.05, 0.1) is 0 Å². The second-order valence-electron chi connectivity index (χ2n) is 3.52. The molecule has 2 heteroatoms. The van der Waals surface area contributed by atoms with Crippen LogP contribution in [0.2, 0.25) is 0 Å². The molecule has 13 heavy (non-hydrogen) atoms. The molecule has 0 aliphatic carbocycles. The largest absolute Gasteiger partial charge is 0.274 e. The van der Waals surface area contributed by atoms with Crippen LogP contribution in [0.1, 0.15) is 28.1 Å². The van der Waals surface area contributed by atoms with Crippen molar-refractivity contribution in [2.24, 2.45) is 0 Å². The van der Waals surface area contributed by atoms with Gasteiger partial charge in [-0.3, -0.25) is 4.84 Å². The fourth-order valence-electron chi connectivity index (χ4n) is 1.65. The van der Waals surface area contributed by atoms with E-state index in [-0.39, 0.29) is 0 Å². The van der Waals surface area contributed by atoms with Crippen LogP contribution in [0, 0.1) is 34.6 Å². The van der Waals surface area contributed by atoms with E-state index in [0.29, 0.717) is 0 Å². The van der Waals surface area contributed by atoms with E-state index in [9.17, 15) is 0 Å². The van der Waals surface area contributed by atoms with Gasteiger partial charge in [-0.1, -0.05) is 0 Å². The molecular weight excluding hydrogens is 162 g/mol. The summed E-state index contributed by atoms with van der Waals surface area (Å²) in [6.07, 6.45) is 0. The molecule has 0 saturated heterocycles. The topological polar surface area (TPSA) is 13.1 Å². The molecule has 0 N–H and O–H groups in total. The minimum absolute atomic E-state index is 1.18. The predicted octanol–water partition coefficient (Wildman–Crippen LogP) is 1.57. The number of hydrogen-bond acceptors (Lipinski definition) is 1. The van der Waals surface area contributed by atoms with Crippen molar-refractivity contribution in [3.8, 4) is 0 Å². The Bertz CT molecular complexity index is 313. The Morgan fingerprint density at radius 2 is 1.15 bits per heavy atom. The molecule has 1 aromatic rings. The molecule has 1 rings (SSSR count). The molecule has 2 nitrogen and oxygen atoms in total. The number of pyridine rings is 1. The van der Waals surface area contributed by atoms with Crippen LogP contribution < -0.4 is 9.57 Å². The Hall–Kier alpha value is -1.05. The average molecular weight is 180 g/mol. The van der Waals surface area contributed by atoms with Gasteiger partial charge in [0.2, 0.25) is 11.4 Å². The van der Waals surface area contributed by atoms with Gasteiger partial charge in [0.1, 0.15) is 7.11 Å². The highest BCUT2D eigenvalue weighted by molar-refractivity contribution is 5.33. The quantitative estimate of drug-likeness (QED) is 0.598. The zero-order valence-electron chi connectivity index (χ0n) is 9.36. The van der Waals surface area contributed by atoms with Crippen molar-refractivity contribution in [3.05, 3.63) is 28.1 Å². The smallest absolute Gasteiger partial charge is 0.234 e.